The molecule has 2 saturated heterocycles. The zero-order chi connectivity index (χ0) is 21.8. The molecule has 8 heteroatoms. The molecule has 31 heavy (non-hydrogen) atoms. The van der Waals surface area contributed by atoms with Crippen LogP contribution in [0.3, 0.4) is 0 Å². The summed E-state index contributed by atoms with van der Waals surface area (Å²) in [7, 11) is -3.51. The van der Waals surface area contributed by atoms with Gasteiger partial charge in [-0.05, 0) is 43.1 Å². The molecule has 166 valence electrons. The maximum Gasteiger partial charge on any atom is 0.243 e. The standard InChI is InChI=1S/C23H28ClN3O3S/c24-22-11-5-4-7-19(22)17-25-12-6-8-20(18-25)23(28)26-13-15-27(16-14-26)31(29,30)21-9-2-1-3-10-21/h1-5,7,9-11,20H,6,8,12-18H2. The van der Waals surface area contributed by atoms with Crippen LogP contribution in [0.5, 0.6) is 0 Å². The average Bonchev–Trinajstić information content (AvgIpc) is 2.81. The first kappa shape index (κ1) is 22.3. The molecule has 0 saturated carbocycles. The number of piperazine rings is 1. The van der Waals surface area contributed by atoms with Crippen LogP contribution in [0.4, 0.5) is 0 Å². The minimum atomic E-state index is -3.51. The van der Waals surface area contributed by atoms with Gasteiger partial charge in [-0.15, -0.1) is 0 Å². The fourth-order valence-corrected chi connectivity index (χ4v) is 6.06. The normalized spacial score (nSPS) is 21.2. The third kappa shape index (κ3) is 5.12. The van der Waals surface area contributed by atoms with Crippen LogP contribution in [0.2, 0.25) is 5.02 Å². The van der Waals surface area contributed by atoms with Crippen molar-refractivity contribution >= 4 is 27.5 Å². The van der Waals surface area contributed by atoms with E-state index in [-0.39, 0.29) is 11.8 Å². The van der Waals surface area contributed by atoms with E-state index in [0.717, 1.165) is 36.5 Å². The van der Waals surface area contributed by atoms with Gasteiger partial charge in [0.2, 0.25) is 15.9 Å². The zero-order valence-electron chi connectivity index (χ0n) is 17.5. The fraction of sp³-hybridized carbons (Fsp3) is 0.435. The van der Waals surface area contributed by atoms with Crippen molar-refractivity contribution in [3.05, 3.63) is 65.2 Å². The smallest absolute Gasteiger partial charge is 0.243 e. The van der Waals surface area contributed by atoms with E-state index < -0.39 is 10.0 Å². The molecule has 2 fully saturated rings. The Balaban J connectivity index is 1.33. The zero-order valence-corrected chi connectivity index (χ0v) is 19.1. The molecular weight excluding hydrogens is 434 g/mol. The van der Waals surface area contributed by atoms with Gasteiger partial charge >= 0.3 is 0 Å². The molecule has 1 amide bonds. The van der Waals surface area contributed by atoms with Crippen molar-refractivity contribution in [1.29, 1.82) is 0 Å². The Morgan fingerprint density at radius 3 is 2.32 bits per heavy atom. The van der Waals surface area contributed by atoms with Crippen LogP contribution in [0.25, 0.3) is 0 Å². The first-order valence-corrected chi connectivity index (χ1v) is 12.6. The monoisotopic (exact) mass is 461 g/mol. The molecule has 2 aliphatic heterocycles. The molecule has 2 aromatic rings. The minimum absolute atomic E-state index is 0.0477. The SMILES string of the molecule is O=C(C1CCCN(Cc2ccccc2Cl)C1)N1CCN(S(=O)(=O)c2ccccc2)CC1. The first-order valence-electron chi connectivity index (χ1n) is 10.7. The van der Waals surface area contributed by atoms with Gasteiger partial charge in [-0.2, -0.15) is 4.31 Å². The van der Waals surface area contributed by atoms with Crippen molar-refractivity contribution in [3.8, 4) is 0 Å². The number of carbonyl (C=O) groups is 1. The van der Waals surface area contributed by atoms with Gasteiger partial charge in [-0.1, -0.05) is 48.0 Å². The molecule has 2 aliphatic rings. The molecule has 0 aliphatic carbocycles. The quantitative estimate of drug-likeness (QED) is 0.686. The topological polar surface area (TPSA) is 60.9 Å². The number of amides is 1. The predicted molar refractivity (Wildman–Crippen MR) is 121 cm³/mol. The van der Waals surface area contributed by atoms with Gasteiger partial charge in [0.25, 0.3) is 0 Å². The van der Waals surface area contributed by atoms with Crippen molar-refractivity contribution in [2.45, 2.75) is 24.3 Å². The molecule has 0 bridgehead atoms. The number of carbonyl (C=O) groups excluding carboxylic acids is 1. The van der Waals surface area contributed by atoms with Gasteiger partial charge in [0.1, 0.15) is 0 Å². The summed E-state index contributed by atoms with van der Waals surface area (Å²) in [6, 6.07) is 16.3. The summed E-state index contributed by atoms with van der Waals surface area (Å²) < 4.78 is 27.1. The Hall–Kier alpha value is -1.93. The van der Waals surface area contributed by atoms with Crippen LogP contribution in [0.1, 0.15) is 18.4 Å². The summed E-state index contributed by atoms with van der Waals surface area (Å²) in [5.74, 6) is 0.0918. The van der Waals surface area contributed by atoms with Gasteiger partial charge in [0.05, 0.1) is 10.8 Å². The fourth-order valence-electron chi connectivity index (χ4n) is 4.42. The van der Waals surface area contributed by atoms with Gasteiger partial charge in [0.15, 0.2) is 0 Å². The highest BCUT2D eigenvalue weighted by molar-refractivity contribution is 7.89. The second kappa shape index (κ2) is 9.69. The van der Waals surface area contributed by atoms with E-state index in [2.05, 4.69) is 4.90 Å². The first-order chi connectivity index (χ1) is 14.9. The van der Waals surface area contributed by atoms with E-state index in [1.165, 1.54) is 4.31 Å². The molecule has 0 N–H and O–H groups in total. The molecule has 2 aromatic carbocycles. The third-order valence-electron chi connectivity index (χ3n) is 6.14. The Morgan fingerprint density at radius 2 is 1.61 bits per heavy atom. The number of benzene rings is 2. The van der Waals surface area contributed by atoms with E-state index in [0.29, 0.717) is 37.6 Å². The van der Waals surface area contributed by atoms with E-state index in [9.17, 15) is 13.2 Å². The maximum atomic E-state index is 13.1. The van der Waals surface area contributed by atoms with Crippen LogP contribution in [-0.4, -0.2) is 67.7 Å². The van der Waals surface area contributed by atoms with Crippen molar-refractivity contribution in [1.82, 2.24) is 14.1 Å². The minimum Gasteiger partial charge on any atom is -0.340 e. The molecule has 0 radical (unpaired) electrons. The summed E-state index contributed by atoms with van der Waals surface area (Å²) in [4.78, 5) is 17.6. The van der Waals surface area contributed by atoms with Gasteiger partial charge in [-0.3, -0.25) is 9.69 Å². The lowest BCUT2D eigenvalue weighted by atomic mass is 9.95. The molecule has 6 nitrogen and oxygen atoms in total. The molecule has 4 rings (SSSR count). The highest BCUT2D eigenvalue weighted by atomic mass is 35.5. The Bertz CT molecular complexity index is 1010. The third-order valence-corrected chi connectivity index (χ3v) is 8.42. The number of halogens is 1. The summed E-state index contributed by atoms with van der Waals surface area (Å²) in [5.41, 5.74) is 1.08. The van der Waals surface area contributed by atoms with Crippen molar-refractivity contribution in [3.63, 3.8) is 0 Å². The second-order valence-electron chi connectivity index (χ2n) is 8.21. The number of rotatable bonds is 5. The van der Waals surface area contributed by atoms with Gasteiger partial charge in [0, 0.05) is 44.3 Å². The summed E-state index contributed by atoms with van der Waals surface area (Å²) in [6.45, 7) is 3.95. The van der Waals surface area contributed by atoms with Crippen molar-refractivity contribution in [2.75, 3.05) is 39.3 Å². The Kier molecular flexibility index (Phi) is 6.96. The second-order valence-corrected chi connectivity index (χ2v) is 10.6. The number of likely N-dealkylation sites (tertiary alicyclic amines) is 1. The number of piperidine rings is 1. The number of hydrogen-bond donors (Lipinski definition) is 0. The highest BCUT2D eigenvalue weighted by Crippen LogP contribution is 2.24. The van der Waals surface area contributed by atoms with Crippen LogP contribution in [0.15, 0.2) is 59.5 Å². The van der Waals surface area contributed by atoms with Crippen LogP contribution >= 0.6 is 11.6 Å². The van der Waals surface area contributed by atoms with Crippen LogP contribution in [-0.2, 0) is 21.4 Å². The summed E-state index contributed by atoms with van der Waals surface area (Å²) >= 11 is 6.30. The molecular formula is C23H28ClN3O3S. The highest BCUT2D eigenvalue weighted by Gasteiger charge is 2.34. The Labute approximate surface area is 189 Å². The van der Waals surface area contributed by atoms with E-state index in [1.54, 1.807) is 30.3 Å². The largest absolute Gasteiger partial charge is 0.340 e. The summed E-state index contributed by atoms with van der Waals surface area (Å²) in [6.07, 6.45) is 1.85. The van der Waals surface area contributed by atoms with Crippen molar-refractivity contribution < 1.29 is 13.2 Å². The lowest BCUT2D eigenvalue weighted by Crippen LogP contribution is -2.53. The summed E-state index contributed by atoms with van der Waals surface area (Å²) in [5, 5.41) is 0.756. The van der Waals surface area contributed by atoms with E-state index in [1.807, 2.05) is 29.2 Å². The van der Waals surface area contributed by atoms with E-state index in [4.69, 9.17) is 11.6 Å². The maximum absolute atomic E-state index is 13.1. The number of nitrogens with zero attached hydrogens (tertiary/aromatic N) is 3. The van der Waals surface area contributed by atoms with Gasteiger partial charge < -0.3 is 4.90 Å². The van der Waals surface area contributed by atoms with Crippen LogP contribution < -0.4 is 0 Å². The molecule has 2 heterocycles. The van der Waals surface area contributed by atoms with E-state index >= 15 is 0 Å². The predicted octanol–water partition coefficient (Wildman–Crippen LogP) is 3.09. The number of sulfonamides is 1. The lowest BCUT2D eigenvalue weighted by molar-refractivity contribution is -0.138. The Morgan fingerprint density at radius 1 is 0.935 bits per heavy atom. The lowest BCUT2D eigenvalue weighted by Gasteiger charge is -2.38. The van der Waals surface area contributed by atoms with Crippen molar-refractivity contribution in [2.24, 2.45) is 5.92 Å². The van der Waals surface area contributed by atoms with Gasteiger partial charge in [-0.25, -0.2) is 8.42 Å². The molecule has 0 spiro atoms. The molecule has 0 aromatic heterocycles. The molecule has 1 atom stereocenters. The average molecular weight is 462 g/mol. The molecule has 1 unspecified atom stereocenters. The van der Waals surface area contributed by atoms with Crippen LogP contribution in [0, 0.1) is 5.92 Å². The number of hydrogen-bond acceptors (Lipinski definition) is 4.